The zero-order chi connectivity index (χ0) is 21.6. The molecule has 3 fully saturated rings. The van der Waals surface area contributed by atoms with Gasteiger partial charge in [-0.15, -0.1) is 0 Å². The summed E-state index contributed by atoms with van der Waals surface area (Å²) in [5.41, 5.74) is 0.610. The van der Waals surface area contributed by atoms with E-state index in [1.54, 1.807) is 0 Å². The lowest BCUT2D eigenvalue weighted by Crippen LogP contribution is -2.30. The molecule has 0 spiro atoms. The van der Waals surface area contributed by atoms with E-state index in [0.29, 0.717) is 16.1 Å². The molecule has 3 atom stereocenters. The lowest BCUT2D eigenvalue weighted by Gasteiger charge is -2.20. The fourth-order valence-corrected chi connectivity index (χ4v) is 5.33. The fraction of sp³-hybridized carbons (Fsp3) is 0.318. The van der Waals surface area contributed by atoms with Gasteiger partial charge in [-0.25, -0.2) is 13.4 Å². The third-order valence-corrected chi connectivity index (χ3v) is 7.23. The van der Waals surface area contributed by atoms with Crippen LogP contribution in [0.15, 0.2) is 42.5 Å². The van der Waals surface area contributed by atoms with Crippen molar-refractivity contribution in [3.05, 3.63) is 59.4 Å². The van der Waals surface area contributed by atoms with Gasteiger partial charge >= 0.3 is 10.2 Å². The van der Waals surface area contributed by atoms with E-state index in [4.69, 9.17) is 4.74 Å². The number of fused-ring (bicyclic) bond motifs is 1. The van der Waals surface area contributed by atoms with Gasteiger partial charge in [0.15, 0.2) is 5.82 Å². The zero-order valence-electron chi connectivity index (χ0n) is 16.5. The van der Waals surface area contributed by atoms with Gasteiger partial charge in [-0.3, -0.25) is 4.79 Å². The van der Waals surface area contributed by atoms with Gasteiger partial charge in [-0.05, 0) is 42.6 Å². The van der Waals surface area contributed by atoms with Gasteiger partial charge in [-0.1, -0.05) is 42.2 Å². The van der Waals surface area contributed by atoms with Crippen molar-refractivity contribution in [1.29, 1.82) is 0 Å². The molecule has 31 heavy (non-hydrogen) atoms. The quantitative estimate of drug-likeness (QED) is 0.701. The first-order valence-corrected chi connectivity index (χ1v) is 11.4. The van der Waals surface area contributed by atoms with Crippen molar-refractivity contribution in [2.45, 2.75) is 6.61 Å². The van der Waals surface area contributed by atoms with Gasteiger partial charge < -0.3 is 10.1 Å². The van der Waals surface area contributed by atoms with Gasteiger partial charge in [0.1, 0.15) is 24.6 Å². The third kappa shape index (κ3) is 3.73. The summed E-state index contributed by atoms with van der Waals surface area (Å²) in [6.07, 6.45) is 0. The van der Waals surface area contributed by atoms with Crippen molar-refractivity contribution in [3.8, 4) is 17.6 Å². The van der Waals surface area contributed by atoms with E-state index >= 15 is 4.39 Å². The van der Waals surface area contributed by atoms with Crippen LogP contribution in [0.3, 0.4) is 0 Å². The van der Waals surface area contributed by atoms with Crippen molar-refractivity contribution in [1.82, 2.24) is 10.0 Å². The standard InChI is InChI=1S/C22H20FN3O4S/c23-21-15(6-8-16-17-10-24-11-18(16)17)7-9-19(30-13-14-4-2-1-3-5-14)22(21)26-12-20(27)25-31(26,28)29/h1-5,7,9,16-18,24H,10-13H2,(H,25,27)/t16?,17-,18+. The van der Waals surface area contributed by atoms with Crippen molar-refractivity contribution in [2.75, 3.05) is 23.9 Å². The monoisotopic (exact) mass is 441 g/mol. The Balaban J connectivity index is 1.49. The van der Waals surface area contributed by atoms with Crippen LogP contribution < -0.4 is 19.1 Å². The minimum Gasteiger partial charge on any atom is -0.487 e. The molecule has 1 aliphatic carbocycles. The highest BCUT2D eigenvalue weighted by Gasteiger charge is 2.52. The van der Waals surface area contributed by atoms with Gasteiger partial charge in [-0.2, -0.15) is 8.42 Å². The summed E-state index contributed by atoms with van der Waals surface area (Å²) in [5, 5.41) is 3.29. The smallest absolute Gasteiger partial charge is 0.326 e. The van der Waals surface area contributed by atoms with Gasteiger partial charge in [0, 0.05) is 5.92 Å². The van der Waals surface area contributed by atoms with Crippen LogP contribution >= 0.6 is 0 Å². The lowest BCUT2D eigenvalue weighted by molar-refractivity contribution is -0.117. The minimum absolute atomic E-state index is 0.0273. The minimum atomic E-state index is -4.21. The highest BCUT2D eigenvalue weighted by Crippen LogP contribution is 2.48. The maximum absolute atomic E-state index is 15.5. The number of anilines is 1. The van der Waals surface area contributed by atoms with Gasteiger partial charge in [0.05, 0.1) is 5.56 Å². The molecule has 7 nitrogen and oxygen atoms in total. The van der Waals surface area contributed by atoms with E-state index in [0.717, 1.165) is 18.7 Å². The van der Waals surface area contributed by atoms with E-state index in [1.807, 2.05) is 35.1 Å². The molecule has 1 saturated carbocycles. The number of ether oxygens (including phenoxy) is 1. The Morgan fingerprint density at radius 1 is 1.13 bits per heavy atom. The summed E-state index contributed by atoms with van der Waals surface area (Å²) >= 11 is 0. The molecule has 2 saturated heterocycles. The van der Waals surface area contributed by atoms with Gasteiger partial charge in [0.25, 0.3) is 5.91 Å². The molecule has 3 aliphatic rings. The maximum atomic E-state index is 15.5. The first-order valence-electron chi connectivity index (χ1n) is 9.99. The lowest BCUT2D eigenvalue weighted by atomic mass is 10.1. The average Bonchev–Trinajstić information content (AvgIpc) is 3.05. The highest BCUT2D eigenvalue weighted by atomic mass is 32.2. The number of rotatable bonds is 4. The van der Waals surface area contributed by atoms with Gasteiger partial charge in [0.2, 0.25) is 0 Å². The summed E-state index contributed by atoms with van der Waals surface area (Å²) in [6.45, 7) is 1.44. The van der Waals surface area contributed by atoms with Crippen molar-refractivity contribution < 1.29 is 22.3 Å². The van der Waals surface area contributed by atoms with E-state index < -0.39 is 28.5 Å². The predicted molar refractivity (Wildman–Crippen MR) is 112 cm³/mol. The second-order valence-electron chi connectivity index (χ2n) is 7.87. The number of carbonyl (C=O) groups is 1. The van der Waals surface area contributed by atoms with Crippen molar-refractivity contribution in [3.63, 3.8) is 0 Å². The summed E-state index contributed by atoms with van der Waals surface area (Å²) in [7, 11) is -4.21. The predicted octanol–water partition coefficient (Wildman–Crippen LogP) is 1.40. The van der Waals surface area contributed by atoms with Crippen LogP contribution in [0.5, 0.6) is 5.75 Å². The summed E-state index contributed by atoms with van der Waals surface area (Å²) in [6, 6.07) is 12.2. The number of hydrogen-bond donors (Lipinski definition) is 2. The highest BCUT2D eigenvalue weighted by molar-refractivity contribution is 7.92. The summed E-state index contributed by atoms with van der Waals surface area (Å²) in [4.78, 5) is 11.7. The molecule has 0 radical (unpaired) electrons. The third-order valence-electron chi connectivity index (χ3n) is 5.85. The van der Waals surface area contributed by atoms with E-state index in [-0.39, 0.29) is 29.5 Å². The molecule has 0 aromatic heterocycles. The summed E-state index contributed by atoms with van der Waals surface area (Å²) < 4.78 is 48.6. The Bertz CT molecular complexity index is 1200. The Kier molecular flexibility index (Phi) is 4.84. The largest absolute Gasteiger partial charge is 0.487 e. The number of amides is 1. The fourth-order valence-electron chi connectivity index (χ4n) is 4.17. The molecular weight excluding hydrogens is 421 g/mol. The molecule has 160 valence electrons. The van der Waals surface area contributed by atoms with Crippen LogP contribution in [0.2, 0.25) is 0 Å². The van der Waals surface area contributed by atoms with E-state index in [1.165, 1.54) is 12.1 Å². The Labute approximate surface area is 179 Å². The Morgan fingerprint density at radius 2 is 1.87 bits per heavy atom. The van der Waals surface area contributed by atoms with Crippen LogP contribution in [0.1, 0.15) is 11.1 Å². The Hall–Kier alpha value is -3.09. The van der Waals surface area contributed by atoms with Crippen molar-refractivity contribution >= 4 is 21.8 Å². The Morgan fingerprint density at radius 3 is 2.55 bits per heavy atom. The average molecular weight is 441 g/mol. The van der Waals surface area contributed by atoms with Crippen LogP contribution in [0, 0.1) is 35.4 Å². The second kappa shape index (κ2) is 7.55. The number of halogens is 1. The maximum Gasteiger partial charge on any atom is 0.326 e. The number of nitrogens with zero attached hydrogens (tertiary/aromatic N) is 1. The normalized spacial score (nSPS) is 25.4. The molecule has 1 amide bonds. The first kappa shape index (κ1) is 19.8. The molecule has 5 rings (SSSR count). The topological polar surface area (TPSA) is 87.7 Å². The molecule has 9 heteroatoms. The molecule has 0 bridgehead atoms. The molecule has 2 aromatic rings. The number of nitrogens with one attached hydrogen (secondary N) is 2. The number of piperidine rings is 1. The summed E-state index contributed by atoms with van der Waals surface area (Å²) in [5.74, 6) is 5.71. The van der Waals surface area contributed by atoms with Crippen LogP contribution in [0.25, 0.3) is 0 Å². The first-order chi connectivity index (χ1) is 14.9. The number of carbonyl (C=O) groups excluding carboxylic acids is 1. The van der Waals surface area contributed by atoms with Crippen LogP contribution in [-0.4, -0.2) is 34.0 Å². The van der Waals surface area contributed by atoms with Crippen LogP contribution in [0.4, 0.5) is 10.1 Å². The second-order valence-corrected chi connectivity index (χ2v) is 9.46. The van der Waals surface area contributed by atoms with Crippen molar-refractivity contribution in [2.24, 2.45) is 17.8 Å². The SMILES string of the molecule is O=C1CN(c2c(OCc3ccccc3)ccc(C#CC3[C@H]4CNC[C@@H]34)c2F)S(=O)(=O)N1. The molecule has 2 aromatic carbocycles. The van der Waals surface area contributed by atoms with Crippen LogP contribution in [-0.2, 0) is 21.6 Å². The molecule has 1 unspecified atom stereocenters. The molecule has 2 heterocycles. The molecular formula is C22H20FN3O4S. The number of benzene rings is 2. The number of hydrogen-bond acceptors (Lipinski definition) is 5. The molecule has 2 aliphatic heterocycles. The van der Waals surface area contributed by atoms with E-state index in [2.05, 4.69) is 17.2 Å². The van der Waals surface area contributed by atoms with E-state index in [9.17, 15) is 13.2 Å². The molecule has 2 N–H and O–H groups in total. The zero-order valence-corrected chi connectivity index (χ0v) is 17.3.